The Hall–Kier alpha value is -2.20. The fourth-order valence-electron chi connectivity index (χ4n) is 3.19. The normalized spacial score (nSPS) is 18.0. The van der Waals surface area contributed by atoms with Crippen molar-refractivity contribution in [1.82, 2.24) is 9.88 Å². The molecule has 22 heavy (non-hydrogen) atoms. The van der Waals surface area contributed by atoms with Gasteiger partial charge in [0, 0.05) is 12.1 Å². The molecule has 0 radical (unpaired) electrons. The Labute approximate surface area is 133 Å². The molecule has 0 aliphatic carbocycles. The number of carbonyl (C=O) groups is 1. The molecular formula is C18H16N2OS. The molecule has 4 rings (SSSR count). The molecule has 1 aliphatic heterocycles. The van der Waals surface area contributed by atoms with Crippen LogP contribution in [0, 0.1) is 0 Å². The van der Waals surface area contributed by atoms with Crippen molar-refractivity contribution in [3.8, 4) is 0 Å². The first-order valence-electron chi connectivity index (χ1n) is 7.52. The van der Waals surface area contributed by atoms with Crippen LogP contribution in [0.25, 0.3) is 10.2 Å². The van der Waals surface area contributed by atoms with E-state index >= 15 is 0 Å². The van der Waals surface area contributed by atoms with E-state index in [9.17, 15) is 4.79 Å². The van der Waals surface area contributed by atoms with E-state index in [2.05, 4.69) is 17.1 Å². The van der Waals surface area contributed by atoms with E-state index in [-0.39, 0.29) is 11.9 Å². The van der Waals surface area contributed by atoms with Gasteiger partial charge in [-0.05, 0) is 36.6 Å². The van der Waals surface area contributed by atoms with Crippen LogP contribution in [0.4, 0.5) is 0 Å². The zero-order valence-corrected chi connectivity index (χ0v) is 12.9. The molecule has 1 fully saturated rings. The van der Waals surface area contributed by atoms with Gasteiger partial charge in [-0.25, -0.2) is 4.98 Å². The van der Waals surface area contributed by atoms with Crippen LogP contribution in [0.2, 0.25) is 0 Å². The number of rotatable bonds is 2. The van der Waals surface area contributed by atoms with Crippen molar-refractivity contribution in [2.75, 3.05) is 6.54 Å². The van der Waals surface area contributed by atoms with Crippen LogP contribution in [-0.4, -0.2) is 22.3 Å². The van der Waals surface area contributed by atoms with Crippen LogP contribution in [-0.2, 0) is 0 Å². The Balaban J connectivity index is 1.66. The van der Waals surface area contributed by atoms with Crippen LogP contribution < -0.4 is 0 Å². The summed E-state index contributed by atoms with van der Waals surface area (Å²) < 4.78 is 1.07. The highest BCUT2D eigenvalue weighted by Crippen LogP contribution is 2.33. The second kappa shape index (κ2) is 5.54. The first kappa shape index (κ1) is 13.5. The van der Waals surface area contributed by atoms with Crippen LogP contribution >= 0.6 is 11.3 Å². The van der Waals surface area contributed by atoms with Crippen molar-refractivity contribution in [2.24, 2.45) is 0 Å². The van der Waals surface area contributed by atoms with Gasteiger partial charge in [-0.15, -0.1) is 11.3 Å². The molecule has 0 N–H and O–H groups in total. The van der Waals surface area contributed by atoms with Gasteiger partial charge in [0.2, 0.25) is 0 Å². The van der Waals surface area contributed by atoms with Crippen LogP contribution in [0.3, 0.4) is 0 Å². The van der Waals surface area contributed by atoms with Crippen molar-refractivity contribution >= 4 is 27.5 Å². The average molecular weight is 308 g/mol. The molecule has 1 atom stereocenters. The van der Waals surface area contributed by atoms with Gasteiger partial charge in [-0.3, -0.25) is 4.79 Å². The number of nitrogens with zero attached hydrogens (tertiary/aromatic N) is 2. The van der Waals surface area contributed by atoms with Gasteiger partial charge < -0.3 is 4.90 Å². The molecule has 1 unspecified atom stereocenters. The van der Waals surface area contributed by atoms with Crippen LogP contribution in [0.1, 0.15) is 34.8 Å². The number of carbonyl (C=O) groups excluding carboxylic acids is 1. The van der Waals surface area contributed by atoms with E-state index in [0.717, 1.165) is 35.2 Å². The fourth-order valence-corrected chi connectivity index (χ4v) is 3.90. The van der Waals surface area contributed by atoms with Gasteiger partial charge in [-0.1, -0.05) is 30.3 Å². The van der Waals surface area contributed by atoms with Crippen molar-refractivity contribution in [3.05, 3.63) is 65.2 Å². The number of fused-ring (bicyclic) bond motifs is 1. The SMILES string of the molecule is O=C(c1ccc2ncsc2c1)N1CCCC1c1ccccc1. The Bertz CT molecular complexity index is 812. The van der Waals surface area contributed by atoms with Crippen molar-refractivity contribution in [3.63, 3.8) is 0 Å². The van der Waals surface area contributed by atoms with Crippen molar-refractivity contribution in [2.45, 2.75) is 18.9 Å². The first-order valence-corrected chi connectivity index (χ1v) is 8.40. The number of amides is 1. The smallest absolute Gasteiger partial charge is 0.254 e. The summed E-state index contributed by atoms with van der Waals surface area (Å²) in [6.07, 6.45) is 2.10. The Morgan fingerprint density at radius 3 is 2.91 bits per heavy atom. The molecule has 1 amide bonds. The summed E-state index contributed by atoms with van der Waals surface area (Å²) in [5.41, 5.74) is 4.77. The third kappa shape index (κ3) is 2.29. The van der Waals surface area contributed by atoms with E-state index in [4.69, 9.17) is 0 Å². The molecule has 0 spiro atoms. The molecule has 1 aromatic heterocycles. The highest BCUT2D eigenvalue weighted by Gasteiger charge is 2.30. The fraction of sp³-hybridized carbons (Fsp3) is 0.222. The minimum atomic E-state index is 0.127. The van der Waals surface area contributed by atoms with Crippen LogP contribution in [0.15, 0.2) is 54.0 Å². The topological polar surface area (TPSA) is 33.2 Å². The highest BCUT2D eigenvalue weighted by molar-refractivity contribution is 7.16. The van der Waals surface area contributed by atoms with E-state index < -0.39 is 0 Å². The molecule has 4 heteroatoms. The Morgan fingerprint density at radius 1 is 1.18 bits per heavy atom. The maximum Gasteiger partial charge on any atom is 0.254 e. The summed E-state index contributed by atoms with van der Waals surface area (Å²) in [6.45, 7) is 0.832. The van der Waals surface area contributed by atoms with Gasteiger partial charge in [0.1, 0.15) is 0 Å². The molecule has 1 saturated heterocycles. The summed E-state index contributed by atoms with van der Waals surface area (Å²) in [7, 11) is 0. The summed E-state index contributed by atoms with van der Waals surface area (Å²) in [5, 5.41) is 0. The predicted octanol–water partition coefficient (Wildman–Crippen LogP) is 4.27. The number of benzene rings is 2. The third-order valence-corrected chi connectivity index (χ3v) is 5.07. The summed E-state index contributed by atoms with van der Waals surface area (Å²) in [4.78, 5) is 19.2. The predicted molar refractivity (Wildman–Crippen MR) is 89.1 cm³/mol. The Kier molecular flexibility index (Phi) is 3.39. The molecule has 110 valence electrons. The van der Waals surface area contributed by atoms with Crippen molar-refractivity contribution < 1.29 is 4.79 Å². The second-order valence-electron chi connectivity index (χ2n) is 5.60. The first-order chi connectivity index (χ1) is 10.8. The zero-order valence-electron chi connectivity index (χ0n) is 12.1. The molecule has 2 heterocycles. The average Bonchev–Trinajstić information content (AvgIpc) is 3.23. The van der Waals surface area contributed by atoms with E-state index in [1.165, 1.54) is 5.56 Å². The summed E-state index contributed by atoms with van der Waals surface area (Å²) in [5.74, 6) is 0.127. The molecule has 2 aromatic carbocycles. The molecular weight excluding hydrogens is 292 g/mol. The summed E-state index contributed by atoms with van der Waals surface area (Å²) in [6, 6.07) is 16.3. The van der Waals surface area contributed by atoms with E-state index in [1.54, 1.807) is 11.3 Å². The maximum atomic E-state index is 12.9. The largest absolute Gasteiger partial charge is 0.332 e. The number of aromatic nitrogens is 1. The standard InChI is InChI=1S/C18H16N2OS/c21-18(14-8-9-15-17(11-14)22-12-19-15)20-10-4-7-16(20)13-5-2-1-3-6-13/h1-3,5-6,8-9,11-12,16H,4,7,10H2. The highest BCUT2D eigenvalue weighted by atomic mass is 32.1. The van der Waals surface area contributed by atoms with Gasteiger partial charge in [0.15, 0.2) is 0 Å². The lowest BCUT2D eigenvalue weighted by Crippen LogP contribution is -2.30. The zero-order chi connectivity index (χ0) is 14.9. The lowest BCUT2D eigenvalue weighted by atomic mass is 10.0. The van der Waals surface area contributed by atoms with E-state index in [0.29, 0.717) is 0 Å². The quantitative estimate of drug-likeness (QED) is 0.708. The van der Waals surface area contributed by atoms with Gasteiger partial charge >= 0.3 is 0 Å². The molecule has 0 saturated carbocycles. The van der Waals surface area contributed by atoms with Gasteiger partial charge in [0.25, 0.3) is 5.91 Å². The molecule has 3 aromatic rings. The molecule has 0 bridgehead atoms. The monoisotopic (exact) mass is 308 g/mol. The molecule has 3 nitrogen and oxygen atoms in total. The summed E-state index contributed by atoms with van der Waals surface area (Å²) >= 11 is 1.58. The Morgan fingerprint density at radius 2 is 2.05 bits per heavy atom. The lowest BCUT2D eigenvalue weighted by Gasteiger charge is -2.25. The maximum absolute atomic E-state index is 12.9. The minimum absolute atomic E-state index is 0.127. The third-order valence-electron chi connectivity index (χ3n) is 4.28. The van der Waals surface area contributed by atoms with E-state index in [1.807, 2.05) is 46.8 Å². The number of hydrogen-bond donors (Lipinski definition) is 0. The van der Waals surface area contributed by atoms with Gasteiger partial charge in [0.05, 0.1) is 21.8 Å². The lowest BCUT2D eigenvalue weighted by molar-refractivity contribution is 0.0736. The second-order valence-corrected chi connectivity index (χ2v) is 6.49. The molecule has 1 aliphatic rings. The number of likely N-dealkylation sites (tertiary alicyclic amines) is 1. The minimum Gasteiger partial charge on any atom is -0.332 e. The van der Waals surface area contributed by atoms with Crippen LogP contribution in [0.5, 0.6) is 0 Å². The van der Waals surface area contributed by atoms with Crippen molar-refractivity contribution in [1.29, 1.82) is 0 Å². The number of hydrogen-bond acceptors (Lipinski definition) is 3. The number of thiazole rings is 1. The van der Waals surface area contributed by atoms with Gasteiger partial charge in [-0.2, -0.15) is 0 Å².